The van der Waals surface area contributed by atoms with Crippen LogP contribution in [0.15, 0.2) is 47.0 Å². The van der Waals surface area contributed by atoms with Gasteiger partial charge in [0.15, 0.2) is 11.6 Å². The van der Waals surface area contributed by atoms with Gasteiger partial charge in [0.1, 0.15) is 12.7 Å². The molecule has 90 valence electrons. The summed E-state index contributed by atoms with van der Waals surface area (Å²) in [7, 11) is 0. The van der Waals surface area contributed by atoms with E-state index in [9.17, 15) is 10.1 Å². The molecule has 2 heterocycles. The molecule has 0 atom stereocenters. The quantitative estimate of drug-likeness (QED) is 0.464. The van der Waals surface area contributed by atoms with Crippen molar-refractivity contribution in [3.05, 3.63) is 52.7 Å². The molecule has 0 radical (unpaired) electrons. The minimum absolute atomic E-state index is 0.0830. The highest BCUT2D eigenvalue weighted by molar-refractivity contribution is 5.34. The molecule has 0 aliphatic carbocycles. The van der Waals surface area contributed by atoms with Gasteiger partial charge in [-0.05, 0) is 12.1 Å². The van der Waals surface area contributed by atoms with E-state index in [1.165, 1.54) is 12.1 Å². The van der Waals surface area contributed by atoms with Gasteiger partial charge in [-0.2, -0.15) is 5.11 Å². The van der Waals surface area contributed by atoms with E-state index < -0.39 is 4.92 Å². The van der Waals surface area contributed by atoms with Gasteiger partial charge in [0.2, 0.25) is 0 Å². The lowest BCUT2D eigenvalue weighted by Gasteiger charge is -1.93. The maximum Gasteiger partial charge on any atom is 0.287 e. The molecule has 0 amide bonds. The Morgan fingerprint density at radius 2 is 2.00 bits per heavy atom. The third-order valence-corrected chi connectivity index (χ3v) is 1.95. The number of hydrogen-bond acceptors (Lipinski definition) is 7. The molecule has 0 aromatic carbocycles. The van der Waals surface area contributed by atoms with E-state index in [1.807, 2.05) is 0 Å². The zero-order valence-electron chi connectivity index (χ0n) is 9.17. The van der Waals surface area contributed by atoms with Gasteiger partial charge in [-0.3, -0.25) is 10.1 Å². The molecule has 0 aliphatic rings. The van der Waals surface area contributed by atoms with Crippen LogP contribution in [0.3, 0.4) is 0 Å². The van der Waals surface area contributed by atoms with Crippen LogP contribution in [0.2, 0.25) is 0 Å². The molecule has 0 fully saturated rings. The van der Waals surface area contributed by atoms with Crippen LogP contribution in [-0.4, -0.2) is 19.9 Å². The second-order valence-corrected chi connectivity index (χ2v) is 3.20. The molecule has 2 rings (SSSR count). The minimum Gasteiger partial charge on any atom is -0.258 e. The van der Waals surface area contributed by atoms with Crippen molar-refractivity contribution in [2.45, 2.75) is 6.54 Å². The first-order chi connectivity index (χ1) is 8.75. The summed E-state index contributed by atoms with van der Waals surface area (Å²) >= 11 is 0. The van der Waals surface area contributed by atoms with E-state index >= 15 is 0 Å². The van der Waals surface area contributed by atoms with Crippen molar-refractivity contribution < 1.29 is 4.92 Å². The van der Waals surface area contributed by atoms with Crippen molar-refractivity contribution >= 4 is 11.5 Å². The van der Waals surface area contributed by atoms with Crippen molar-refractivity contribution in [3.8, 4) is 0 Å². The highest BCUT2D eigenvalue weighted by atomic mass is 16.6. The number of aromatic nitrogens is 3. The summed E-state index contributed by atoms with van der Waals surface area (Å²) in [4.78, 5) is 21.6. The number of hydrogen-bond donors (Lipinski definition) is 0. The number of nitro groups is 1. The van der Waals surface area contributed by atoms with Crippen molar-refractivity contribution in [1.29, 1.82) is 0 Å². The molecule has 0 aliphatic heterocycles. The van der Waals surface area contributed by atoms with Gasteiger partial charge in [-0.15, -0.1) is 5.11 Å². The van der Waals surface area contributed by atoms with Crippen molar-refractivity contribution in [2.24, 2.45) is 10.2 Å². The Labute approximate surface area is 102 Å². The molecule has 0 spiro atoms. The maximum atomic E-state index is 10.4. The second-order valence-electron chi connectivity index (χ2n) is 3.20. The molecule has 2 aromatic rings. The third-order valence-electron chi connectivity index (χ3n) is 1.95. The lowest BCUT2D eigenvalue weighted by atomic mass is 10.4. The van der Waals surface area contributed by atoms with E-state index in [4.69, 9.17) is 0 Å². The molecule has 0 bridgehead atoms. The summed E-state index contributed by atoms with van der Waals surface area (Å²) in [6, 6.07) is 4.45. The number of azo groups is 1. The highest BCUT2D eigenvalue weighted by Crippen LogP contribution is 2.14. The normalized spacial score (nSPS) is 10.7. The molecule has 18 heavy (non-hydrogen) atoms. The van der Waals surface area contributed by atoms with E-state index in [0.717, 1.165) is 6.20 Å². The van der Waals surface area contributed by atoms with Crippen LogP contribution in [-0.2, 0) is 6.54 Å². The summed E-state index contributed by atoms with van der Waals surface area (Å²) in [5.41, 5.74) is -0.0830. The minimum atomic E-state index is -0.522. The van der Waals surface area contributed by atoms with E-state index in [-0.39, 0.29) is 12.2 Å². The molecule has 0 saturated heterocycles. The van der Waals surface area contributed by atoms with Crippen LogP contribution in [0.25, 0.3) is 0 Å². The Hall–Kier alpha value is -2.77. The zero-order valence-corrected chi connectivity index (χ0v) is 9.17. The molecule has 8 heteroatoms. The standard InChI is InChI=1S/C10H8N6O2/c17-16(18)8-2-3-9(13-6-8)15-14-7-10-11-4-1-5-12-10/h1-6H,7H2. The molecule has 0 saturated carbocycles. The fourth-order valence-corrected chi connectivity index (χ4v) is 1.13. The number of pyridine rings is 1. The first kappa shape index (κ1) is 11.7. The van der Waals surface area contributed by atoms with E-state index in [2.05, 4.69) is 25.2 Å². The average Bonchev–Trinajstić information content (AvgIpc) is 2.40. The lowest BCUT2D eigenvalue weighted by molar-refractivity contribution is -0.385. The van der Waals surface area contributed by atoms with E-state index in [0.29, 0.717) is 11.6 Å². The fourth-order valence-electron chi connectivity index (χ4n) is 1.13. The van der Waals surface area contributed by atoms with Gasteiger partial charge in [0, 0.05) is 18.5 Å². The van der Waals surface area contributed by atoms with Crippen molar-refractivity contribution in [3.63, 3.8) is 0 Å². The second kappa shape index (κ2) is 5.53. The summed E-state index contributed by atoms with van der Waals surface area (Å²) in [6.07, 6.45) is 4.36. The SMILES string of the molecule is O=[N+]([O-])c1ccc(N=NCc2ncccn2)nc1. The molecule has 2 aromatic heterocycles. The van der Waals surface area contributed by atoms with Crippen LogP contribution < -0.4 is 0 Å². The van der Waals surface area contributed by atoms with Gasteiger partial charge in [0.05, 0.1) is 4.92 Å². The molecule has 0 N–H and O–H groups in total. The molecule has 8 nitrogen and oxygen atoms in total. The Balaban J connectivity index is 1.99. The van der Waals surface area contributed by atoms with Crippen LogP contribution in [0.1, 0.15) is 5.82 Å². The third kappa shape index (κ3) is 3.11. The van der Waals surface area contributed by atoms with Gasteiger partial charge >= 0.3 is 0 Å². The smallest absolute Gasteiger partial charge is 0.258 e. The van der Waals surface area contributed by atoms with Gasteiger partial charge in [-0.1, -0.05) is 0 Å². The monoisotopic (exact) mass is 244 g/mol. The Morgan fingerprint density at radius 3 is 2.61 bits per heavy atom. The molecular formula is C10H8N6O2. The average molecular weight is 244 g/mol. The summed E-state index contributed by atoms with van der Waals surface area (Å²) < 4.78 is 0. The summed E-state index contributed by atoms with van der Waals surface area (Å²) in [5.74, 6) is 0.847. The Kier molecular flexibility index (Phi) is 3.59. The summed E-state index contributed by atoms with van der Waals surface area (Å²) in [6.45, 7) is 0.236. The Morgan fingerprint density at radius 1 is 1.22 bits per heavy atom. The Bertz CT molecular complexity index is 554. The van der Waals surface area contributed by atoms with Crippen molar-refractivity contribution in [1.82, 2.24) is 15.0 Å². The number of nitrogens with zero attached hydrogens (tertiary/aromatic N) is 6. The van der Waals surface area contributed by atoms with E-state index in [1.54, 1.807) is 18.5 Å². The van der Waals surface area contributed by atoms with Crippen molar-refractivity contribution in [2.75, 3.05) is 0 Å². The number of rotatable bonds is 4. The van der Waals surface area contributed by atoms with Crippen LogP contribution in [0.4, 0.5) is 11.5 Å². The summed E-state index contributed by atoms with van der Waals surface area (Å²) in [5, 5.41) is 18.1. The topological polar surface area (TPSA) is 107 Å². The molecular weight excluding hydrogens is 236 g/mol. The largest absolute Gasteiger partial charge is 0.287 e. The fraction of sp³-hybridized carbons (Fsp3) is 0.100. The van der Waals surface area contributed by atoms with Gasteiger partial charge in [0.25, 0.3) is 5.69 Å². The van der Waals surface area contributed by atoms with Crippen LogP contribution in [0.5, 0.6) is 0 Å². The zero-order chi connectivity index (χ0) is 12.8. The van der Waals surface area contributed by atoms with Gasteiger partial charge < -0.3 is 0 Å². The van der Waals surface area contributed by atoms with Crippen LogP contribution in [0, 0.1) is 10.1 Å². The predicted molar refractivity (Wildman–Crippen MR) is 61.1 cm³/mol. The highest BCUT2D eigenvalue weighted by Gasteiger charge is 2.04. The lowest BCUT2D eigenvalue weighted by Crippen LogP contribution is -1.90. The van der Waals surface area contributed by atoms with Crippen LogP contribution >= 0.6 is 0 Å². The first-order valence-corrected chi connectivity index (χ1v) is 4.99. The van der Waals surface area contributed by atoms with Gasteiger partial charge in [-0.25, -0.2) is 15.0 Å². The molecule has 0 unspecified atom stereocenters. The first-order valence-electron chi connectivity index (χ1n) is 4.99. The maximum absolute atomic E-state index is 10.4. The predicted octanol–water partition coefficient (Wildman–Crippen LogP) is 2.06.